The number of carbonyl (C=O) groups is 2. The first-order valence-electron chi connectivity index (χ1n) is 11.1. The topological polar surface area (TPSA) is 110 Å². The first kappa shape index (κ1) is 22.0. The predicted molar refractivity (Wildman–Crippen MR) is 118 cm³/mol. The summed E-state index contributed by atoms with van der Waals surface area (Å²) < 4.78 is 5.30. The van der Waals surface area contributed by atoms with Crippen molar-refractivity contribution in [2.75, 3.05) is 26.2 Å². The van der Waals surface area contributed by atoms with Crippen LogP contribution in [0.1, 0.15) is 37.9 Å². The van der Waals surface area contributed by atoms with Crippen LogP contribution >= 0.6 is 12.2 Å². The molecule has 9 nitrogen and oxygen atoms in total. The molecule has 4 heterocycles. The number of nitrogens with zero attached hydrogens (tertiary/aromatic N) is 2. The van der Waals surface area contributed by atoms with E-state index in [4.69, 9.17) is 16.6 Å². The fourth-order valence-electron chi connectivity index (χ4n) is 4.73. The monoisotopic (exact) mass is 449 g/mol. The third-order valence-corrected chi connectivity index (χ3v) is 6.73. The van der Waals surface area contributed by atoms with Crippen LogP contribution in [0.3, 0.4) is 0 Å². The molecule has 3 saturated heterocycles. The van der Waals surface area contributed by atoms with Crippen LogP contribution in [0.5, 0.6) is 0 Å². The lowest BCUT2D eigenvalue weighted by Crippen LogP contribution is -2.58. The number of carbonyl (C=O) groups excluding carboxylic acids is 2. The Balaban J connectivity index is 1.25. The number of furan rings is 1. The number of piperidine rings is 1. The molecule has 4 N–H and O–H groups in total. The zero-order chi connectivity index (χ0) is 21.8. The van der Waals surface area contributed by atoms with Crippen LogP contribution in [-0.2, 0) is 16.1 Å². The number of fused-ring (bicyclic) bond motifs is 1. The van der Waals surface area contributed by atoms with Crippen LogP contribution in [-0.4, -0.2) is 82.2 Å². The molecule has 0 bridgehead atoms. The number of aliphatic hydroxyl groups is 1. The smallest absolute Gasteiger partial charge is 0.237 e. The van der Waals surface area contributed by atoms with E-state index in [1.165, 1.54) is 0 Å². The fraction of sp³-hybridized carbons (Fsp3) is 0.667. The van der Waals surface area contributed by atoms with E-state index in [1.807, 2.05) is 17.0 Å². The van der Waals surface area contributed by atoms with E-state index >= 15 is 0 Å². The minimum absolute atomic E-state index is 0.0476. The average Bonchev–Trinajstić information content (AvgIpc) is 3.42. The fourth-order valence-corrected chi connectivity index (χ4v) is 4.97. The van der Waals surface area contributed by atoms with Crippen LogP contribution in [0.15, 0.2) is 22.8 Å². The van der Waals surface area contributed by atoms with E-state index in [0.717, 1.165) is 12.3 Å². The van der Waals surface area contributed by atoms with Crippen LogP contribution in [0.2, 0.25) is 0 Å². The molecule has 3 fully saturated rings. The van der Waals surface area contributed by atoms with Crippen LogP contribution in [0, 0.1) is 0 Å². The highest BCUT2D eigenvalue weighted by molar-refractivity contribution is 7.80. The lowest BCUT2D eigenvalue weighted by Gasteiger charge is -2.37. The van der Waals surface area contributed by atoms with Crippen molar-refractivity contribution < 1.29 is 19.1 Å². The molecule has 1 aromatic rings. The number of thiocarbonyl (C=S) groups is 1. The molecule has 3 aliphatic heterocycles. The quantitative estimate of drug-likeness (QED) is 0.448. The molecular formula is C21H31N5O4S. The minimum Gasteiger partial charge on any atom is -0.467 e. The van der Waals surface area contributed by atoms with E-state index in [0.29, 0.717) is 63.4 Å². The van der Waals surface area contributed by atoms with Crippen molar-refractivity contribution in [1.29, 1.82) is 0 Å². The molecule has 3 aliphatic rings. The Labute approximate surface area is 187 Å². The average molecular weight is 450 g/mol. The highest BCUT2D eigenvalue weighted by atomic mass is 32.1. The third-order valence-electron chi connectivity index (χ3n) is 6.47. The van der Waals surface area contributed by atoms with Crippen molar-refractivity contribution in [3.8, 4) is 0 Å². The van der Waals surface area contributed by atoms with Crippen molar-refractivity contribution in [2.45, 2.75) is 62.9 Å². The molecule has 2 amide bonds. The molecule has 0 spiro atoms. The summed E-state index contributed by atoms with van der Waals surface area (Å²) in [4.78, 5) is 29.1. The Hall–Kier alpha value is -2.17. The molecule has 10 heteroatoms. The molecule has 0 unspecified atom stereocenters. The Morgan fingerprint density at radius 1 is 1.35 bits per heavy atom. The second-order valence-corrected chi connectivity index (χ2v) is 9.01. The van der Waals surface area contributed by atoms with Crippen molar-refractivity contribution in [1.82, 2.24) is 25.8 Å². The summed E-state index contributed by atoms with van der Waals surface area (Å²) in [6, 6.07) is 3.74. The standard InChI is InChI=1S/C21H31N5O4S/c27-16-5-7-25(8-6-16)19(28)4-3-15-11-22-20(29)18-10-14(13-26(15)18)24-21(31)23-12-17-2-1-9-30-17/h1-2,9,14-16,18,27H,3-8,10-13H2,(H,22,29)(H2,23,24,31)/t14-,15+,18-/m0/s1. The van der Waals surface area contributed by atoms with Crippen LogP contribution < -0.4 is 16.0 Å². The van der Waals surface area contributed by atoms with Gasteiger partial charge in [-0.2, -0.15) is 0 Å². The Morgan fingerprint density at radius 2 is 2.16 bits per heavy atom. The van der Waals surface area contributed by atoms with Gasteiger partial charge in [0.25, 0.3) is 0 Å². The second-order valence-electron chi connectivity index (χ2n) is 8.60. The van der Waals surface area contributed by atoms with Gasteiger partial charge in [0.1, 0.15) is 5.76 Å². The molecule has 0 saturated carbocycles. The highest BCUT2D eigenvalue weighted by Gasteiger charge is 2.43. The molecule has 170 valence electrons. The van der Waals surface area contributed by atoms with Gasteiger partial charge in [0.15, 0.2) is 5.11 Å². The number of aliphatic hydroxyl groups excluding tert-OH is 1. The van der Waals surface area contributed by atoms with Crippen LogP contribution in [0.4, 0.5) is 0 Å². The van der Waals surface area contributed by atoms with Gasteiger partial charge in [-0.1, -0.05) is 0 Å². The van der Waals surface area contributed by atoms with Gasteiger partial charge in [0, 0.05) is 44.7 Å². The molecule has 0 radical (unpaired) electrons. The summed E-state index contributed by atoms with van der Waals surface area (Å²) >= 11 is 5.40. The molecular weight excluding hydrogens is 418 g/mol. The van der Waals surface area contributed by atoms with Crippen molar-refractivity contribution >= 4 is 29.1 Å². The number of hydrogen-bond acceptors (Lipinski definition) is 6. The van der Waals surface area contributed by atoms with E-state index in [9.17, 15) is 14.7 Å². The Kier molecular flexibility index (Phi) is 7.09. The molecule has 31 heavy (non-hydrogen) atoms. The number of rotatable bonds is 6. The normalized spacial score (nSPS) is 26.9. The third kappa shape index (κ3) is 5.55. The largest absolute Gasteiger partial charge is 0.467 e. The van der Waals surface area contributed by atoms with Gasteiger partial charge in [-0.3, -0.25) is 14.5 Å². The summed E-state index contributed by atoms with van der Waals surface area (Å²) in [6.07, 6.45) is 4.50. The molecule has 1 aromatic heterocycles. The maximum atomic E-state index is 12.6. The van der Waals surface area contributed by atoms with Gasteiger partial charge in [-0.25, -0.2) is 0 Å². The molecule has 0 aliphatic carbocycles. The number of hydrogen-bond donors (Lipinski definition) is 4. The summed E-state index contributed by atoms with van der Waals surface area (Å²) in [5.74, 6) is 0.990. The van der Waals surface area contributed by atoms with Gasteiger partial charge in [0.05, 0.1) is 25.0 Å². The summed E-state index contributed by atoms with van der Waals surface area (Å²) in [5.41, 5.74) is 0. The zero-order valence-corrected chi connectivity index (χ0v) is 18.4. The maximum Gasteiger partial charge on any atom is 0.237 e. The van der Waals surface area contributed by atoms with Crippen molar-refractivity contribution in [3.05, 3.63) is 24.2 Å². The van der Waals surface area contributed by atoms with E-state index in [-0.39, 0.29) is 36.0 Å². The number of amides is 2. The number of piperazine rings is 1. The van der Waals surface area contributed by atoms with E-state index < -0.39 is 0 Å². The predicted octanol–water partition coefficient (Wildman–Crippen LogP) is -0.0515. The van der Waals surface area contributed by atoms with Gasteiger partial charge in [-0.05, 0) is 50.0 Å². The highest BCUT2D eigenvalue weighted by Crippen LogP contribution is 2.26. The first-order valence-corrected chi connectivity index (χ1v) is 11.5. The Bertz CT molecular complexity index is 781. The lowest BCUT2D eigenvalue weighted by molar-refractivity contribution is -0.134. The van der Waals surface area contributed by atoms with Gasteiger partial charge in [-0.15, -0.1) is 0 Å². The summed E-state index contributed by atoms with van der Waals surface area (Å²) in [6.45, 7) is 3.05. The molecule has 4 rings (SSSR count). The number of likely N-dealkylation sites (tertiary alicyclic amines) is 1. The second kappa shape index (κ2) is 9.97. The van der Waals surface area contributed by atoms with Crippen LogP contribution in [0.25, 0.3) is 0 Å². The van der Waals surface area contributed by atoms with Crippen molar-refractivity contribution in [2.24, 2.45) is 0 Å². The van der Waals surface area contributed by atoms with E-state index in [2.05, 4.69) is 20.9 Å². The summed E-state index contributed by atoms with van der Waals surface area (Å²) in [7, 11) is 0. The summed E-state index contributed by atoms with van der Waals surface area (Å²) in [5, 5.41) is 19.6. The maximum absolute atomic E-state index is 12.6. The van der Waals surface area contributed by atoms with Crippen molar-refractivity contribution in [3.63, 3.8) is 0 Å². The van der Waals surface area contributed by atoms with Gasteiger partial charge >= 0.3 is 0 Å². The zero-order valence-electron chi connectivity index (χ0n) is 17.6. The first-order chi connectivity index (χ1) is 15.0. The number of nitrogens with one attached hydrogen (secondary N) is 3. The SMILES string of the molecule is O=C1NC[C@@H](CCC(=O)N2CCC(O)CC2)N2C[C@@H](NC(=S)NCc3ccco3)C[C@@H]12. The Morgan fingerprint density at radius 3 is 2.90 bits per heavy atom. The minimum atomic E-state index is -0.285. The van der Waals surface area contributed by atoms with E-state index in [1.54, 1.807) is 6.26 Å². The molecule has 0 aromatic carbocycles. The van der Waals surface area contributed by atoms with Gasteiger partial charge < -0.3 is 30.4 Å². The molecule has 3 atom stereocenters. The van der Waals surface area contributed by atoms with Gasteiger partial charge in [0.2, 0.25) is 11.8 Å². The lowest BCUT2D eigenvalue weighted by atomic mass is 10.0.